The van der Waals surface area contributed by atoms with E-state index in [-0.39, 0.29) is 5.78 Å². The van der Waals surface area contributed by atoms with E-state index in [0.29, 0.717) is 5.69 Å². The molecule has 64 valence electrons. The Morgan fingerprint density at radius 3 is 2.83 bits per heavy atom. The molecule has 1 aromatic rings. The fourth-order valence-corrected chi connectivity index (χ4v) is 1.07. The predicted octanol–water partition coefficient (Wildman–Crippen LogP) is 2.24. The van der Waals surface area contributed by atoms with Crippen molar-refractivity contribution < 1.29 is 4.79 Å². The molecule has 0 N–H and O–H groups in total. The third-order valence-corrected chi connectivity index (χ3v) is 1.67. The van der Waals surface area contributed by atoms with E-state index in [1.54, 1.807) is 6.07 Å². The van der Waals surface area contributed by atoms with Gasteiger partial charge in [0.05, 0.1) is 0 Å². The van der Waals surface area contributed by atoms with Crippen molar-refractivity contribution in [1.82, 2.24) is 4.98 Å². The summed E-state index contributed by atoms with van der Waals surface area (Å²) in [5, 5.41) is 0. The second kappa shape index (κ2) is 4.00. The van der Waals surface area contributed by atoms with E-state index in [4.69, 9.17) is 0 Å². The van der Waals surface area contributed by atoms with E-state index < -0.39 is 0 Å². The first-order valence-corrected chi connectivity index (χ1v) is 4.21. The molecule has 0 saturated heterocycles. The van der Waals surface area contributed by atoms with Crippen LogP contribution in [-0.4, -0.2) is 10.8 Å². The Kier molecular flexibility index (Phi) is 2.97. The number of hydrogen-bond acceptors (Lipinski definition) is 2. The van der Waals surface area contributed by atoms with Crippen LogP contribution in [0.1, 0.15) is 36.5 Å². The van der Waals surface area contributed by atoms with Crippen molar-refractivity contribution in [3.05, 3.63) is 29.6 Å². The number of nitrogens with zero attached hydrogens (tertiary/aromatic N) is 1. The largest absolute Gasteiger partial charge is 0.293 e. The first-order valence-electron chi connectivity index (χ1n) is 4.21. The highest BCUT2D eigenvalue weighted by Gasteiger charge is 2.00. The molecule has 0 bridgehead atoms. The Labute approximate surface area is 72.6 Å². The molecule has 1 heterocycles. The second-order valence-electron chi connectivity index (χ2n) is 2.82. The van der Waals surface area contributed by atoms with E-state index in [1.807, 2.05) is 12.1 Å². The van der Waals surface area contributed by atoms with E-state index >= 15 is 0 Å². The van der Waals surface area contributed by atoms with Gasteiger partial charge in [-0.25, -0.2) is 4.98 Å². The van der Waals surface area contributed by atoms with Crippen molar-refractivity contribution >= 4 is 5.78 Å². The SMILES string of the molecule is CCCc1cccc(C(C)=O)n1. The van der Waals surface area contributed by atoms with Crippen LogP contribution in [0.2, 0.25) is 0 Å². The molecule has 0 aromatic carbocycles. The molecule has 0 aliphatic heterocycles. The minimum Gasteiger partial charge on any atom is -0.293 e. The minimum absolute atomic E-state index is 0.0351. The first-order chi connectivity index (χ1) is 5.74. The van der Waals surface area contributed by atoms with Crippen LogP contribution in [0.3, 0.4) is 0 Å². The number of hydrogen-bond donors (Lipinski definition) is 0. The summed E-state index contributed by atoms with van der Waals surface area (Å²) < 4.78 is 0. The summed E-state index contributed by atoms with van der Waals surface area (Å²) in [6.45, 7) is 3.64. The van der Waals surface area contributed by atoms with Crippen molar-refractivity contribution in [3.63, 3.8) is 0 Å². The highest BCUT2D eigenvalue weighted by atomic mass is 16.1. The van der Waals surface area contributed by atoms with Crippen molar-refractivity contribution in [2.24, 2.45) is 0 Å². The van der Waals surface area contributed by atoms with Gasteiger partial charge in [-0.1, -0.05) is 19.4 Å². The molecule has 0 unspecified atom stereocenters. The van der Waals surface area contributed by atoms with E-state index in [9.17, 15) is 4.79 Å². The number of ketones is 1. The Morgan fingerprint density at radius 1 is 1.50 bits per heavy atom. The van der Waals surface area contributed by atoms with Gasteiger partial charge in [0.2, 0.25) is 0 Å². The van der Waals surface area contributed by atoms with Gasteiger partial charge in [0.15, 0.2) is 5.78 Å². The lowest BCUT2D eigenvalue weighted by molar-refractivity contribution is 0.101. The lowest BCUT2D eigenvalue weighted by Crippen LogP contribution is -1.99. The Hall–Kier alpha value is -1.18. The van der Waals surface area contributed by atoms with Crippen LogP contribution >= 0.6 is 0 Å². The monoisotopic (exact) mass is 163 g/mol. The zero-order valence-electron chi connectivity index (χ0n) is 7.50. The van der Waals surface area contributed by atoms with E-state index in [0.717, 1.165) is 18.5 Å². The number of aromatic nitrogens is 1. The molecule has 0 amide bonds. The average Bonchev–Trinajstić information content (AvgIpc) is 2.05. The summed E-state index contributed by atoms with van der Waals surface area (Å²) >= 11 is 0. The number of carbonyl (C=O) groups is 1. The van der Waals surface area contributed by atoms with Crippen LogP contribution in [0.25, 0.3) is 0 Å². The van der Waals surface area contributed by atoms with Crippen molar-refractivity contribution in [2.45, 2.75) is 26.7 Å². The van der Waals surface area contributed by atoms with Crippen LogP contribution in [0.5, 0.6) is 0 Å². The Bertz CT molecular complexity index is 281. The first kappa shape index (κ1) is 8.91. The van der Waals surface area contributed by atoms with Crippen molar-refractivity contribution in [3.8, 4) is 0 Å². The summed E-state index contributed by atoms with van der Waals surface area (Å²) in [5.74, 6) is 0.0351. The normalized spacial score (nSPS) is 9.83. The highest BCUT2D eigenvalue weighted by Crippen LogP contribution is 2.02. The maximum Gasteiger partial charge on any atom is 0.178 e. The molecular formula is C10H13NO. The summed E-state index contributed by atoms with van der Waals surface area (Å²) in [6.07, 6.45) is 2.01. The molecule has 0 aliphatic rings. The fourth-order valence-electron chi connectivity index (χ4n) is 1.07. The number of Topliss-reactive ketones (excluding diaryl/α,β-unsaturated/α-hetero) is 1. The van der Waals surface area contributed by atoms with Crippen molar-refractivity contribution in [1.29, 1.82) is 0 Å². The molecule has 0 atom stereocenters. The molecule has 2 heteroatoms. The molecule has 2 nitrogen and oxygen atoms in total. The topological polar surface area (TPSA) is 30.0 Å². The second-order valence-corrected chi connectivity index (χ2v) is 2.82. The quantitative estimate of drug-likeness (QED) is 0.639. The lowest BCUT2D eigenvalue weighted by atomic mass is 10.2. The maximum atomic E-state index is 10.9. The van der Waals surface area contributed by atoms with Gasteiger partial charge >= 0.3 is 0 Å². The number of aryl methyl sites for hydroxylation is 1. The predicted molar refractivity (Wildman–Crippen MR) is 48.2 cm³/mol. The standard InChI is InChI=1S/C10H13NO/c1-3-5-9-6-4-7-10(11-9)8(2)12/h4,6-7H,3,5H2,1-2H3. The zero-order chi connectivity index (χ0) is 8.97. The summed E-state index contributed by atoms with van der Waals surface area (Å²) in [5.41, 5.74) is 1.58. The van der Waals surface area contributed by atoms with Gasteiger partial charge in [-0.2, -0.15) is 0 Å². The number of rotatable bonds is 3. The zero-order valence-corrected chi connectivity index (χ0v) is 7.50. The average molecular weight is 163 g/mol. The smallest absolute Gasteiger partial charge is 0.178 e. The molecule has 0 saturated carbocycles. The third kappa shape index (κ3) is 2.16. The third-order valence-electron chi connectivity index (χ3n) is 1.67. The Balaban J connectivity index is 2.88. The fraction of sp³-hybridized carbons (Fsp3) is 0.400. The molecule has 1 aromatic heterocycles. The molecular weight excluding hydrogens is 150 g/mol. The van der Waals surface area contributed by atoms with E-state index in [2.05, 4.69) is 11.9 Å². The van der Waals surface area contributed by atoms with Crippen LogP contribution < -0.4 is 0 Å². The highest BCUT2D eigenvalue weighted by molar-refractivity contribution is 5.92. The summed E-state index contributed by atoms with van der Waals surface area (Å²) in [7, 11) is 0. The van der Waals surface area contributed by atoms with Crippen LogP contribution in [0, 0.1) is 0 Å². The van der Waals surface area contributed by atoms with E-state index in [1.165, 1.54) is 6.92 Å². The molecule has 0 radical (unpaired) electrons. The minimum atomic E-state index is 0.0351. The molecule has 12 heavy (non-hydrogen) atoms. The maximum absolute atomic E-state index is 10.9. The lowest BCUT2D eigenvalue weighted by Gasteiger charge is -1.99. The van der Waals surface area contributed by atoms with Crippen LogP contribution in [0.4, 0.5) is 0 Å². The van der Waals surface area contributed by atoms with Gasteiger partial charge in [-0.05, 0) is 18.6 Å². The summed E-state index contributed by atoms with van der Waals surface area (Å²) in [4.78, 5) is 15.2. The van der Waals surface area contributed by atoms with Gasteiger partial charge < -0.3 is 0 Å². The van der Waals surface area contributed by atoms with Crippen LogP contribution in [-0.2, 0) is 6.42 Å². The van der Waals surface area contributed by atoms with Gasteiger partial charge in [-0.15, -0.1) is 0 Å². The number of pyridine rings is 1. The molecule has 1 rings (SSSR count). The van der Waals surface area contributed by atoms with Crippen molar-refractivity contribution in [2.75, 3.05) is 0 Å². The van der Waals surface area contributed by atoms with Gasteiger partial charge in [0, 0.05) is 12.6 Å². The Morgan fingerprint density at radius 2 is 2.25 bits per heavy atom. The molecule has 0 aliphatic carbocycles. The van der Waals surface area contributed by atoms with Gasteiger partial charge in [0.1, 0.15) is 5.69 Å². The molecule has 0 fully saturated rings. The molecule has 0 spiro atoms. The van der Waals surface area contributed by atoms with Gasteiger partial charge in [-0.3, -0.25) is 4.79 Å². The van der Waals surface area contributed by atoms with Gasteiger partial charge in [0.25, 0.3) is 0 Å². The number of carbonyl (C=O) groups excluding carboxylic acids is 1. The van der Waals surface area contributed by atoms with Crippen LogP contribution in [0.15, 0.2) is 18.2 Å². The summed E-state index contributed by atoms with van der Waals surface area (Å²) in [6, 6.07) is 5.59.